The highest BCUT2D eigenvalue weighted by molar-refractivity contribution is 7.89. The number of aromatic nitrogens is 2. The van der Waals surface area contributed by atoms with Crippen molar-refractivity contribution < 1.29 is 13.5 Å². The van der Waals surface area contributed by atoms with Crippen LogP contribution in [0.4, 0.5) is 11.6 Å². The van der Waals surface area contributed by atoms with E-state index in [-0.39, 0.29) is 11.8 Å². The third-order valence-corrected chi connectivity index (χ3v) is 6.91. The van der Waals surface area contributed by atoms with Crippen molar-refractivity contribution in [2.75, 3.05) is 42.1 Å². The summed E-state index contributed by atoms with van der Waals surface area (Å²) in [5, 5.41) is 13.4. The van der Waals surface area contributed by atoms with Crippen LogP contribution in [-0.4, -0.2) is 65.8 Å². The molecule has 2 heterocycles. The van der Waals surface area contributed by atoms with Gasteiger partial charge < -0.3 is 15.3 Å². The summed E-state index contributed by atoms with van der Waals surface area (Å²) < 4.78 is 25.9. The van der Waals surface area contributed by atoms with Gasteiger partial charge in [0.15, 0.2) is 0 Å². The second-order valence-electron chi connectivity index (χ2n) is 6.88. The van der Waals surface area contributed by atoms with E-state index in [9.17, 15) is 13.5 Å². The van der Waals surface area contributed by atoms with Crippen LogP contribution in [0.2, 0.25) is 0 Å². The fourth-order valence-corrected chi connectivity index (χ4v) is 4.65. The zero-order chi connectivity index (χ0) is 20.1. The van der Waals surface area contributed by atoms with E-state index >= 15 is 0 Å². The Morgan fingerprint density at radius 3 is 2.68 bits per heavy atom. The van der Waals surface area contributed by atoms with Gasteiger partial charge in [-0.1, -0.05) is 30.3 Å². The van der Waals surface area contributed by atoms with E-state index in [2.05, 4.69) is 20.2 Å². The van der Waals surface area contributed by atoms with Crippen molar-refractivity contribution >= 4 is 21.7 Å². The van der Waals surface area contributed by atoms with Crippen LogP contribution in [0.1, 0.15) is 25.5 Å². The number of sulfonamides is 1. The lowest BCUT2D eigenvalue weighted by Gasteiger charge is -2.39. The molecule has 8 nitrogen and oxygen atoms in total. The smallest absolute Gasteiger partial charge is 0.214 e. The molecule has 2 unspecified atom stereocenters. The summed E-state index contributed by atoms with van der Waals surface area (Å²) in [7, 11) is -3.19. The zero-order valence-electron chi connectivity index (χ0n) is 16.2. The molecule has 0 bridgehead atoms. The van der Waals surface area contributed by atoms with E-state index in [0.717, 1.165) is 11.4 Å². The molecular formula is C19H27N5O3S. The molecule has 1 aliphatic rings. The maximum Gasteiger partial charge on any atom is 0.214 e. The summed E-state index contributed by atoms with van der Waals surface area (Å²) >= 11 is 0. The van der Waals surface area contributed by atoms with E-state index in [1.807, 2.05) is 43.3 Å². The fraction of sp³-hybridized carbons (Fsp3) is 0.474. The highest BCUT2D eigenvalue weighted by Crippen LogP contribution is 2.21. The number of rotatable bonds is 7. The van der Waals surface area contributed by atoms with Gasteiger partial charge in [0.25, 0.3) is 0 Å². The normalized spacial score (nSPS) is 19.4. The summed E-state index contributed by atoms with van der Waals surface area (Å²) in [6.45, 7) is 5.50. The number of hydrogen-bond donors (Lipinski definition) is 2. The van der Waals surface area contributed by atoms with Crippen LogP contribution in [-0.2, 0) is 10.0 Å². The highest BCUT2D eigenvalue weighted by Gasteiger charge is 2.31. The predicted octanol–water partition coefficient (Wildman–Crippen LogP) is 1.48. The minimum atomic E-state index is -3.19. The number of benzene rings is 1. The maximum atomic E-state index is 12.2. The van der Waals surface area contributed by atoms with Crippen LogP contribution in [0.15, 0.2) is 42.7 Å². The summed E-state index contributed by atoms with van der Waals surface area (Å²) in [6, 6.07) is 11.2. The van der Waals surface area contributed by atoms with Crippen LogP contribution in [0.5, 0.6) is 0 Å². The number of piperazine rings is 1. The molecular weight excluding hydrogens is 378 g/mol. The van der Waals surface area contributed by atoms with Gasteiger partial charge in [0.05, 0.1) is 11.9 Å². The van der Waals surface area contributed by atoms with Crippen molar-refractivity contribution in [1.82, 2.24) is 14.3 Å². The Bertz CT molecular complexity index is 878. The second-order valence-corrected chi connectivity index (χ2v) is 9.09. The van der Waals surface area contributed by atoms with Gasteiger partial charge in [0.1, 0.15) is 18.0 Å². The Morgan fingerprint density at radius 2 is 2.00 bits per heavy atom. The Labute approximate surface area is 166 Å². The number of anilines is 2. The van der Waals surface area contributed by atoms with Gasteiger partial charge in [-0.05, 0) is 19.4 Å². The molecule has 0 spiro atoms. The number of aliphatic hydroxyl groups excluding tert-OH is 1. The Kier molecular flexibility index (Phi) is 6.48. The van der Waals surface area contributed by atoms with E-state index in [0.29, 0.717) is 32.0 Å². The maximum absolute atomic E-state index is 12.2. The molecule has 9 heteroatoms. The standard InChI is InChI=1S/C19H27N5O3S/c1-3-28(26,27)24-10-9-23(13-15(24)2)19-11-18(21-14-22-19)20-12-17(25)16-7-5-4-6-8-16/h4-8,11,14-15,17,25H,3,9-10,12-13H2,1-2H3,(H,20,21,22). The van der Waals surface area contributed by atoms with Gasteiger partial charge in [-0.25, -0.2) is 18.4 Å². The lowest BCUT2D eigenvalue weighted by molar-refractivity contribution is 0.191. The molecule has 0 aliphatic carbocycles. The highest BCUT2D eigenvalue weighted by atomic mass is 32.2. The topological polar surface area (TPSA) is 98.7 Å². The van der Waals surface area contributed by atoms with Crippen LogP contribution in [0.3, 0.4) is 0 Å². The first kappa shape index (κ1) is 20.5. The molecule has 152 valence electrons. The van der Waals surface area contributed by atoms with Gasteiger partial charge in [0, 0.05) is 38.3 Å². The molecule has 28 heavy (non-hydrogen) atoms. The predicted molar refractivity (Wildman–Crippen MR) is 110 cm³/mol. The molecule has 0 radical (unpaired) electrons. The van der Waals surface area contributed by atoms with Gasteiger partial charge in [-0.2, -0.15) is 4.31 Å². The molecule has 3 rings (SSSR count). The summed E-state index contributed by atoms with van der Waals surface area (Å²) in [5.74, 6) is 1.48. The van der Waals surface area contributed by atoms with E-state index in [1.54, 1.807) is 11.2 Å². The number of aliphatic hydroxyl groups is 1. The number of nitrogens with zero attached hydrogens (tertiary/aromatic N) is 4. The minimum Gasteiger partial charge on any atom is -0.387 e. The molecule has 0 amide bonds. The lowest BCUT2D eigenvalue weighted by atomic mass is 10.1. The molecule has 1 saturated heterocycles. The molecule has 1 aromatic heterocycles. The summed E-state index contributed by atoms with van der Waals surface area (Å²) in [4.78, 5) is 10.6. The largest absolute Gasteiger partial charge is 0.387 e. The van der Waals surface area contributed by atoms with E-state index in [4.69, 9.17) is 0 Å². The van der Waals surface area contributed by atoms with Crippen molar-refractivity contribution in [1.29, 1.82) is 0 Å². The average Bonchev–Trinajstić information content (AvgIpc) is 2.72. The Morgan fingerprint density at radius 1 is 1.25 bits per heavy atom. The number of hydrogen-bond acceptors (Lipinski definition) is 7. The third kappa shape index (κ3) is 4.78. The SMILES string of the molecule is CCS(=O)(=O)N1CCN(c2cc(NCC(O)c3ccccc3)ncn2)CC1C. The van der Waals surface area contributed by atoms with Crippen LogP contribution in [0.25, 0.3) is 0 Å². The first-order valence-electron chi connectivity index (χ1n) is 9.44. The minimum absolute atomic E-state index is 0.114. The van der Waals surface area contributed by atoms with Crippen LogP contribution in [0, 0.1) is 0 Å². The molecule has 1 fully saturated rings. The van der Waals surface area contributed by atoms with Crippen molar-refractivity contribution in [3.8, 4) is 0 Å². The molecule has 2 atom stereocenters. The Hall–Kier alpha value is -2.23. The Balaban J connectivity index is 1.62. The van der Waals surface area contributed by atoms with Crippen LogP contribution < -0.4 is 10.2 Å². The second kappa shape index (κ2) is 8.85. The number of nitrogens with one attached hydrogen (secondary N) is 1. The third-order valence-electron chi connectivity index (χ3n) is 4.93. The molecule has 1 aliphatic heterocycles. The van der Waals surface area contributed by atoms with Crippen LogP contribution >= 0.6 is 0 Å². The van der Waals surface area contributed by atoms with Crippen molar-refractivity contribution in [2.45, 2.75) is 26.0 Å². The van der Waals surface area contributed by atoms with Gasteiger partial charge in [-0.3, -0.25) is 0 Å². The van der Waals surface area contributed by atoms with Gasteiger partial charge in [-0.15, -0.1) is 0 Å². The quantitative estimate of drug-likeness (QED) is 0.720. The fourth-order valence-electron chi connectivity index (χ4n) is 3.34. The molecule has 2 N–H and O–H groups in total. The van der Waals surface area contributed by atoms with Crippen molar-refractivity contribution in [2.24, 2.45) is 0 Å². The van der Waals surface area contributed by atoms with Crippen molar-refractivity contribution in [3.63, 3.8) is 0 Å². The van der Waals surface area contributed by atoms with Gasteiger partial charge >= 0.3 is 0 Å². The monoisotopic (exact) mass is 405 g/mol. The zero-order valence-corrected chi connectivity index (χ0v) is 17.0. The summed E-state index contributed by atoms with van der Waals surface area (Å²) in [6.07, 6.45) is 0.842. The molecule has 0 saturated carbocycles. The average molecular weight is 406 g/mol. The van der Waals surface area contributed by atoms with E-state index in [1.165, 1.54) is 6.33 Å². The van der Waals surface area contributed by atoms with Crippen molar-refractivity contribution in [3.05, 3.63) is 48.3 Å². The molecule has 2 aromatic rings. The lowest BCUT2D eigenvalue weighted by Crippen LogP contribution is -2.54. The first-order valence-corrected chi connectivity index (χ1v) is 11.0. The summed E-state index contributed by atoms with van der Waals surface area (Å²) in [5.41, 5.74) is 0.839. The first-order chi connectivity index (χ1) is 13.4. The molecule has 1 aromatic carbocycles. The van der Waals surface area contributed by atoms with Gasteiger partial charge in [0.2, 0.25) is 10.0 Å². The van der Waals surface area contributed by atoms with E-state index < -0.39 is 16.1 Å².